The Labute approximate surface area is 135 Å². The maximum atomic E-state index is 13.8. The fraction of sp³-hybridized carbons (Fsp3) is 0.533. The zero-order valence-corrected chi connectivity index (χ0v) is 14.0. The first-order chi connectivity index (χ1) is 9.82. The molecule has 21 heavy (non-hydrogen) atoms. The summed E-state index contributed by atoms with van der Waals surface area (Å²) < 4.78 is 13.8. The number of nitrogens with two attached hydrogens (primary N) is 1. The topological polar surface area (TPSA) is 32.5 Å². The van der Waals surface area contributed by atoms with Crippen molar-refractivity contribution in [1.29, 1.82) is 0 Å². The Morgan fingerprint density at radius 3 is 2.48 bits per heavy atom. The van der Waals surface area contributed by atoms with Gasteiger partial charge in [0, 0.05) is 43.3 Å². The number of hydrogen-bond donors (Lipinski definition) is 1. The summed E-state index contributed by atoms with van der Waals surface area (Å²) in [5, 5.41) is 0.487. The van der Waals surface area contributed by atoms with Crippen molar-refractivity contribution in [2.24, 2.45) is 5.73 Å². The zero-order valence-electron chi connectivity index (χ0n) is 12.4. The molecule has 0 aromatic heterocycles. The van der Waals surface area contributed by atoms with Crippen LogP contribution < -0.4 is 5.73 Å². The molecule has 0 bridgehead atoms. The molecule has 0 aliphatic carbocycles. The van der Waals surface area contributed by atoms with Crippen molar-refractivity contribution >= 4 is 28.8 Å². The molecule has 1 fully saturated rings. The third-order valence-corrected chi connectivity index (χ3v) is 5.06. The molecule has 1 aromatic carbocycles. The summed E-state index contributed by atoms with van der Waals surface area (Å²) >= 11 is 11.2. The first-order valence-electron chi connectivity index (χ1n) is 7.02. The maximum absolute atomic E-state index is 13.8. The highest BCUT2D eigenvalue weighted by atomic mass is 35.5. The van der Waals surface area contributed by atoms with E-state index < -0.39 is 0 Å². The largest absolute Gasteiger partial charge is 0.392 e. The van der Waals surface area contributed by atoms with E-state index in [1.807, 2.05) is 13.8 Å². The van der Waals surface area contributed by atoms with Crippen molar-refractivity contribution in [2.45, 2.75) is 25.9 Å². The van der Waals surface area contributed by atoms with E-state index in [1.165, 1.54) is 6.07 Å². The second-order valence-electron chi connectivity index (χ2n) is 5.89. The van der Waals surface area contributed by atoms with Crippen LogP contribution in [0.2, 0.25) is 5.02 Å². The Morgan fingerprint density at radius 1 is 1.33 bits per heavy atom. The lowest BCUT2D eigenvalue weighted by Gasteiger charge is -2.43. The number of hydrogen-bond acceptors (Lipinski definition) is 3. The van der Waals surface area contributed by atoms with Crippen molar-refractivity contribution in [3.8, 4) is 0 Å². The van der Waals surface area contributed by atoms with Gasteiger partial charge in [-0.05, 0) is 26.0 Å². The van der Waals surface area contributed by atoms with Crippen LogP contribution in [0.1, 0.15) is 19.4 Å². The molecule has 1 heterocycles. The van der Waals surface area contributed by atoms with Crippen LogP contribution in [0, 0.1) is 5.82 Å². The van der Waals surface area contributed by atoms with Crippen LogP contribution in [0.25, 0.3) is 0 Å². The Hall–Kier alpha value is -0.750. The van der Waals surface area contributed by atoms with E-state index in [1.54, 1.807) is 12.1 Å². The van der Waals surface area contributed by atoms with E-state index in [2.05, 4.69) is 9.80 Å². The van der Waals surface area contributed by atoms with E-state index in [4.69, 9.17) is 29.6 Å². The Morgan fingerprint density at radius 2 is 1.95 bits per heavy atom. The highest BCUT2D eigenvalue weighted by molar-refractivity contribution is 7.80. The fourth-order valence-corrected chi connectivity index (χ4v) is 2.88. The molecule has 1 aliphatic rings. The van der Waals surface area contributed by atoms with E-state index >= 15 is 0 Å². The van der Waals surface area contributed by atoms with Crippen molar-refractivity contribution in [2.75, 3.05) is 26.2 Å². The first kappa shape index (κ1) is 16.6. The number of halogens is 2. The summed E-state index contributed by atoms with van der Waals surface area (Å²) in [4.78, 5) is 4.98. The van der Waals surface area contributed by atoms with Gasteiger partial charge in [0.2, 0.25) is 0 Å². The molecule has 1 saturated heterocycles. The van der Waals surface area contributed by atoms with Gasteiger partial charge in [-0.1, -0.05) is 29.9 Å². The van der Waals surface area contributed by atoms with E-state index in [9.17, 15) is 4.39 Å². The van der Waals surface area contributed by atoms with Gasteiger partial charge in [0.1, 0.15) is 5.82 Å². The van der Waals surface area contributed by atoms with Crippen molar-refractivity contribution in [3.63, 3.8) is 0 Å². The van der Waals surface area contributed by atoms with Gasteiger partial charge in [0.25, 0.3) is 0 Å². The zero-order chi connectivity index (χ0) is 15.6. The van der Waals surface area contributed by atoms with Crippen LogP contribution in [-0.4, -0.2) is 46.5 Å². The molecule has 2 rings (SSSR count). The lowest BCUT2D eigenvalue weighted by molar-refractivity contribution is 0.0815. The molecule has 116 valence electrons. The van der Waals surface area contributed by atoms with E-state index in [0.29, 0.717) is 22.1 Å². The molecule has 0 unspecified atom stereocenters. The Kier molecular flexibility index (Phi) is 5.20. The minimum Gasteiger partial charge on any atom is -0.392 e. The van der Waals surface area contributed by atoms with Crippen molar-refractivity contribution in [1.82, 2.24) is 9.80 Å². The molecular weight excluding hydrogens is 309 g/mol. The first-order valence-corrected chi connectivity index (χ1v) is 7.81. The number of benzene rings is 1. The second-order valence-corrected chi connectivity index (χ2v) is 6.73. The molecule has 2 N–H and O–H groups in total. The molecule has 0 saturated carbocycles. The predicted octanol–water partition coefficient (Wildman–Crippen LogP) is 2.66. The van der Waals surface area contributed by atoms with Gasteiger partial charge in [-0.3, -0.25) is 9.80 Å². The van der Waals surface area contributed by atoms with Gasteiger partial charge in [-0.15, -0.1) is 0 Å². The van der Waals surface area contributed by atoms with Crippen LogP contribution in [-0.2, 0) is 6.54 Å². The summed E-state index contributed by atoms with van der Waals surface area (Å²) in [6.07, 6.45) is 0. The van der Waals surface area contributed by atoms with Gasteiger partial charge < -0.3 is 5.73 Å². The van der Waals surface area contributed by atoms with Gasteiger partial charge in [0.05, 0.1) is 10.5 Å². The van der Waals surface area contributed by atoms with Crippen LogP contribution in [0.15, 0.2) is 18.2 Å². The molecule has 0 radical (unpaired) electrons. The standard InChI is InChI=1S/C15H21ClFN3S/c1-15(2,14(18)21)20-8-6-19(7-9-20)10-11-12(16)4-3-5-13(11)17/h3-5H,6-10H2,1-2H3,(H2,18,21). The van der Waals surface area contributed by atoms with Crippen LogP contribution in [0.3, 0.4) is 0 Å². The molecule has 3 nitrogen and oxygen atoms in total. The van der Waals surface area contributed by atoms with Crippen LogP contribution in [0.4, 0.5) is 4.39 Å². The summed E-state index contributed by atoms with van der Waals surface area (Å²) in [5.74, 6) is -0.242. The molecule has 0 atom stereocenters. The average Bonchev–Trinajstić information content (AvgIpc) is 2.43. The monoisotopic (exact) mass is 329 g/mol. The number of nitrogens with zero attached hydrogens (tertiary/aromatic N) is 2. The summed E-state index contributed by atoms with van der Waals surface area (Å²) in [6, 6.07) is 4.81. The minimum absolute atomic E-state index is 0.242. The fourth-order valence-electron chi connectivity index (χ4n) is 2.53. The molecule has 0 amide bonds. The maximum Gasteiger partial charge on any atom is 0.129 e. The van der Waals surface area contributed by atoms with Gasteiger partial charge in [-0.2, -0.15) is 0 Å². The highest BCUT2D eigenvalue weighted by Crippen LogP contribution is 2.23. The highest BCUT2D eigenvalue weighted by Gasteiger charge is 2.32. The molecule has 6 heteroatoms. The number of piperazine rings is 1. The van der Waals surface area contributed by atoms with Gasteiger partial charge in [0.15, 0.2) is 0 Å². The molecule has 1 aliphatic heterocycles. The predicted molar refractivity (Wildman–Crippen MR) is 89.1 cm³/mol. The normalized spacial score (nSPS) is 17.9. The molecule has 1 aromatic rings. The van der Waals surface area contributed by atoms with Crippen LogP contribution in [0.5, 0.6) is 0 Å². The lowest BCUT2D eigenvalue weighted by Crippen LogP contribution is -2.59. The van der Waals surface area contributed by atoms with Crippen molar-refractivity contribution < 1.29 is 4.39 Å². The molecular formula is C15H21ClFN3S. The van der Waals surface area contributed by atoms with E-state index in [0.717, 1.165) is 26.2 Å². The number of thiocarbonyl (C=S) groups is 1. The van der Waals surface area contributed by atoms with Gasteiger partial charge >= 0.3 is 0 Å². The minimum atomic E-state index is -0.281. The Balaban J connectivity index is 1.98. The second kappa shape index (κ2) is 6.57. The summed E-state index contributed by atoms with van der Waals surface area (Å²) in [7, 11) is 0. The number of rotatable bonds is 4. The quantitative estimate of drug-likeness (QED) is 0.861. The van der Waals surface area contributed by atoms with Crippen molar-refractivity contribution in [3.05, 3.63) is 34.6 Å². The summed E-state index contributed by atoms with van der Waals surface area (Å²) in [6.45, 7) is 8.02. The van der Waals surface area contributed by atoms with E-state index in [-0.39, 0.29) is 11.4 Å². The third kappa shape index (κ3) is 3.72. The molecule has 0 spiro atoms. The average molecular weight is 330 g/mol. The lowest BCUT2D eigenvalue weighted by atomic mass is 10.0. The third-order valence-electron chi connectivity index (χ3n) is 4.21. The Bertz CT molecular complexity index is 507. The van der Waals surface area contributed by atoms with Crippen LogP contribution >= 0.6 is 23.8 Å². The SMILES string of the molecule is CC(C)(C(N)=S)N1CCN(Cc2c(F)cccc2Cl)CC1. The summed E-state index contributed by atoms with van der Waals surface area (Å²) in [5.41, 5.74) is 6.10. The smallest absolute Gasteiger partial charge is 0.129 e. The van der Waals surface area contributed by atoms with Gasteiger partial charge in [-0.25, -0.2) is 4.39 Å².